The van der Waals surface area contributed by atoms with Crippen LogP contribution in [0.15, 0.2) is 29.0 Å². The van der Waals surface area contributed by atoms with Crippen LogP contribution in [0.3, 0.4) is 0 Å². The molecule has 1 aliphatic rings. The lowest BCUT2D eigenvalue weighted by Crippen LogP contribution is -2.23. The predicted octanol–water partition coefficient (Wildman–Crippen LogP) is 0.728. The highest BCUT2D eigenvalue weighted by Crippen LogP contribution is 2.32. The first kappa shape index (κ1) is 10.6. The molecule has 18 heavy (non-hydrogen) atoms. The topological polar surface area (TPSA) is 86.5 Å². The van der Waals surface area contributed by atoms with Crippen LogP contribution in [0.25, 0.3) is 0 Å². The van der Waals surface area contributed by atoms with E-state index < -0.39 is 0 Å². The van der Waals surface area contributed by atoms with Crippen LogP contribution >= 0.6 is 0 Å². The molecule has 2 aromatic rings. The fourth-order valence-electron chi connectivity index (χ4n) is 1.59. The molecule has 3 rings (SSSR count). The number of nitrogens with one attached hydrogen (secondary N) is 1. The molecule has 1 aromatic carbocycles. The third-order valence-corrected chi connectivity index (χ3v) is 2.48. The number of hydrogen-bond donors (Lipinski definition) is 1. The minimum absolute atomic E-state index is 0.149. The summed E-state index contributed by atoms with van der Waals surface area (Å²) in [4.78, 5) is 11.6. The van der Waals surface area contributed by atoms with Crippen molar-refractivity contribution in [3.05, 3.63) is 35.7 Å². The van der Waals surface area contributed by atoms with Crippen molar-refractivity contribution in [3.63, 3.8) is 0 Å². The third-order valence-electron chi connectivity index (χ3n) is 2.48. The molecule has 0 unspecified atom stereocenters. The number of carbonyl (C=O) groups excluding carboxylic acids is 1. The number of ether oxygens (including phenoxy) is 2. The smallest absolute Gasteiger partial charge is 0.275 e. The van der Waals surface area contributed by atoms with E-state index in [0.717, 1.165) is 5.56 Å². The van der Waals surface area contributed by atoms with Crippen LogP contribution in [-0.2, 0) is 6.54 Å². The molecule has 1 aromatic heterocycles. The highest BCUT2D eigenvalue weighted by Gasteiger charge is 2.14. The van der Waals surface area contributed by atoms with Gasteiger partial charge in [0.2, 0.25) is 6.79 Å². The van der Waals surface area contributed by atoms with Crippen LogP contribution in [0.4, 0.5) is 0 Å². The van der Waals surface area contributed by atoms with E-state index in [1.54, 1.807) is 0 Å². The first-order chi connectivity index (χ1) is 8.83. The molecule has 7 heteroatoms. The Kier molecular flexibility index (Phi) is 2.56. The molecular weight excluding hydrogens is 238 g/mol. The lowest BCUT2D eigenvalue weighted by Gasteiger charge is -2.04. The molecule has 0 fully saturated rings. The van der Waals surface area contributed by atoms with E-state index in [4.69, 9.17) is 9.47 Å². The summed E-state index contributed by atoms with van der Waals surface area (Å²) in [6, 6.07) is 5.49. The SMILES string of the molecule is O=C(NCc1ccc2c(c1)OCO2)c1cnon1. The molecule has 0 saturated heterocycles. The second-order valence-corrected chi connectivity index (χ2v) is 3.66. The fraction of sp³-hybridized carbons (Fsp3) is 0.182. The van der Waals surface area contributed by atoms with Gasteiger partial charge in [0, 0.05) is 6.54 Å². The van der Waals surface area contributed by atoms with Crippen LogP contribution in [0.5, 0.6) is 11.5 Å². The van der Waals surface area contributed by atoms with Crippen molar-refractivity contribution in [1.29, 1.82) is 0 Å². The second kappa shape index (κ2) is 4.36. The average molecular weight is 247 g/mol. The minimum Gasteiger partial charge on any atom is -0.454 e. The van der Waals surface area contributed by atoms with Crippen molar-refractivity contribution in [2.24, 2.45) is 0 Å². The summed E-state index contributed by atoms with van der Waals surface area (Å²) in [6.07, 6.45) is 1.26. The molecule has 7 nitrogen and oxygen atoms in total. The lowest BCUT2D eigenvalue weighted by molar-refractivity contribution is 0.0941. The van der Waals surface area contributed by atoms with Gasteiger partial charge in [-0.25, -0.2) is 4.63 Å². The van der Waals surface area contributed by atoms with E-state index in [1.165, 1.54) is 6.20 Å². The lowest BCUT2D eigenvalue weighted by atomic mass is 10.2. The van der Waals surface area contributed by atoms with E-state index in [0.29, 0.717) is 18.0 Å². The zero-order chi connectivity index (χ0) is 12.4. The van der Waals surface area contributed by atoms with Crippen molar-refractivity contribution in [3.8, 4) is 11.5 Å². The molecule has 0 spiro atoms. The number of nitrogens with zero attached hydrogens (tertiary/aromatic N) is 2. The number of aromatic nitrogens is 2. The van der Waals surface area contributed by atoms with Gasteiger partial charge in [-0.15, -0.1) is 0 Å². The van der Waals surface area contributed by atoms with Crippen LogP contribution < -0.4 is 14.8 Å². The number of hydrogen-bond acceptors (Lipinski definition) is 6. The van der Waals surface area contributed by atoms with E-state index >= 15 is 0 Å². The van der Waals surface area contributed by atoms with Crippen molar-refractivity contribution in [2.75, 3.05) is 6.79 Å². The summed E-state index contributed by atoms with van der Waals surface area (Å²) in [5, 5.41) is 9.50. The molecule has 1 N–H and O–H groups in total. The molecule has 1 aliphatic heterocycles. The first-order valence-electron chi connectivity index (χ1n) is 5.27. The van der Waals surface area contributed by atoms with Gasteiger partial charge >= 0.3 is 0 Å². The number of amides is 1. The Hall–Kier alpha value is -2.57. The van der Waals surface area contributed by atoms with Gasteiger partial charge < -0.3 is 14.8 Å². The molecule has 1 amide bonds. The van der Waals surface area contributed by atoms with Crippen LogP contribution in [0.2, 0.25) is 0 Å². The maximum atomic E-state index is 11.6. The van der Waals surface area contributed by atoms with E-state index in [-0.39, 0.29) is 18.4 Å². The number of rotatable bonds is 3. The van der Waals surface area contributed by atoms with Gasteiger partial charge in [0.25, 0.3) is 5.91 Å². The van der Waals surface area contributed by atoms with E-state index in [2.05, 4.69) is 20.3 Å². The first-order valence-corrected chi connectivity index (χ1v) is 5.27. The Morgan fingerprint density at radius 2 is 2.22 bits per heavy atom. The van der Waals surface area contributed by atoms with Gasteiger partial charge in [-0.05, 0) is 22.9 Å². The summed E-state index contributed by atoms with van der Waals surface area (Å²) in [7, 11) is 0. The second-order valence-electron chi connectivity index (χ2n) is 3.66. The monoisotopic (exact) mass is 247 g/mol. The standard InChI is InChI=1S/C11H9N3O4/c15-11(8-5-13-18-14-8)12-4-7-1-2-9-10(3-7)17-6-16-9/h1-3,5H,4,6H2,(H,12,15). The Morgan fingerprint density at radius 1 is 1.33 bits per heavy atom. The Bertz CT molecular complexity index is 568. The highest BCUT2D eigenvalue weighted by atomic mass is 16.7. The molecular formula is C11H9N3O4. The zero-order valence-electron chi connectivity index (χ0n) is 9.25. The molecule has 2 heterocycles. The molecule has 0 saturated carbocycles. The number of fused-ring (bicyclic) bond motifs is 1. The third kappa shape index (κ3) is 1.97. The van der Waals surface area contributed by atoms with Gasteiger partial charge in [-0.1, -0.05) is 11.2 Å². The Labute approximate surface area is 102 Å². The molecule has 0 aliphatic carbocycles. The van der Waals surface area contributed by atoms with Gasteiger partial charge in [0.1, 0.15) is 6.20 Å². The van der Waals surface area contributed by atoms with E-state index in [9.17, 15) is 4.79 Å². The minimum atomic E-state index is -0.339. The average Bonchev–Trinajstić information content (AvgIpc) is 3.05. The van der Waals surface area contributed by atoms with Crippen LogP contribution in [-0.4, -0.2) is 23.0 Å². The van der Waals surface area contributed by atoms with Crippen molar-refractivity contribution >= 4 is 5.91 Å². The highest BCUT2D eigenvalue weighted by molar-refractivity contribution is 5.91. The number of benzene rings is 1. The van der Waals surface area contributed by atoms with Crippen LogP contribution in [0.1, 0.15) is 16.1 Å². The molecule has 0 atom stereocenters. The maximum Gasteiger partial charge on any atom is 0.275 e. The van der Waals surface area contributed by atoms with Crippen molar-refractivity contribution in [2.45, 2.75) is 6.54 Å². The maximum absolute atomic E-state index is 11.6. The Balaban J connectivity index is 1.65. The molecule has 0 bridgehead atoms. The largest absolute Gasteiger partial charge is 0.454 e. The van der Waals surface area contributed by atoms with Gasteiger partial charge in [-0.2, -0.15) is 0 Å². The fourth-order valence-corrected chi connectivity index (χ4v) is 1.59. The molecule has 0 radical (unpaired) electrons. The summed E-state index contributed by atoms with van der Waals surface area (Å²) >= 11 is 0. The molecule has 92 valence electrons. The van der Waals surface area contributed by atoms with Crippen molar-refractivity contribution in [1.82, 2.24) is 15.6 Å². The summed E-state index contributed by atoms with van der Waals surface area (Å²) < 4.78 is 14.8. The normalized spacial score (nSPS) is 12.4. The van der Waals surface area contributed by atoms with Crippen LogP contribution in [0, 0.1) is 0 Å². The van der Waals surface area contributed by atoms with E-state index in [1.807, 2.05) is 18.2 Å². The summed E-state index contributed by atoms with van der Waals surface area (Å²) in [6.45, 7) is 0.595. The predicted molar refractivity (Wildman–Crippen MR) is 58.0 cm³/mol. The summed E-state index contributed by atoms with van der Waals surface area (Å²) in [5.74, 6) is 1.06. The quantitative estimate of drug-likeness (QED) is 0.860. The van der Waals surface area contributed by atoms with Gasteiger partial charge in [0.05, 0.1) is 0 Å². The van der Waals surface area contributed by atoms with Gasteiger partial charge in [-0.3, -0.25) is 4.79 Å². The Morgan fingerprint density at radius 3 is 3.06 bits per heavy atom. The summed E-state index contributed by atoms with van der Waals surface area (Å²) in [5.41, 5.74) is 1.06. The number of carbonyl (C=O) groups is 1. The van der Waals surface area contributed by atoms with Gasteiger partial charge in [0.15, 0.2) is 17.2 Å². The zero-order valence-corrected chi connectivity index (χ0v) is 9.25. The van der Waals surface area contributed by atoms with Crippen molar-refractivity contribution < 1.29 is 18.9 Å².